The van der Waals surface area contributed by atoms with Crippen molar-refractivity contribution in [2.75, 3.05) is 0 Å². The molecule has 216 valence electrons. The second-order valence-electron chi connectivity index (χ2n) is 11.3. The van der Waals surface area contributed by atoms with Crippen LogP contribution in [0.4, 0.5) is 0 Å². The van der Waals surface area contributed by atoms with Crippen LogP contribution in [0.5, 0.6) is 0 Å². The number of rotatable bonds is 6. The first-order valence-electron chi connectivity index (χ1n) is 15.4. The third-order valence-corrected chi connectivity index (χ3v) is 8.30. The molecule has 0 saturated carbocycles. The minimum Gasteiger partial charge on any atom is -0.248 e. The lowest BCUT2D eigenvalue weighted by atomic mass is 9.94. The number of fused-ring (bicyclic) bond motifs is 1. The fraction of sp³-hybridized carbons (Fsp3) is 0. The van der Waals surface area contributed by atoms with Crippen LogP contribution in [-0.4, -0.2) is 15.0 Å². The molecule has 0 saturated heterocycles. The lowest BCUT2D eigenvalue weighted by Crippen LogP contribution is -1.96. The highest BCUT2D eigenvalue weighted by Crippen LogP contribution is 2.36. The molecule has 0 amide bonds. The van der Waals surface area contributed by atoms with Crippen LogP contribution in [0.3, 0.4) is 0 Å². The van der Waals surface area contributed by atoms with E-state index in [0.29, 0.717) is 5.82 Å². The molecule has 8 aromatic rings. The maximum Gasteiger partial charge on any atom is 0.160 e. The Morgan fingerprint density at radius 2 is 0.717 bits per heavy atom. The van der Waals surface area contributed by atoms with Gasteiger partial charge in [0.2, 0.25) is 0 Å². The first kappa shape index (κ1) is 27.4. The molecule has 2 aromatic heterocycles. The van der Waals surface area contributed by atoms with Crippen LogP contribution in [0.25, 0.3) is 78.3 Å². The maximum absolute atomic E-state index is 5.09. The van der Waals surface area contributed by atoms with Gasteiger partial charge < -0.3 is 0 Å². The molecule has 3 heteroatoms. The maximum atomic E-state index is 5.09. The Bertz CT molecular complexity index is 2210. The second kappa shape index (κ2) is 12.1. The summed E-state index contributed by atoms with van der Waals surface area (Å²) in [5.74, 6) is 0.710. The van der Waals surface area contributed by atoms with Crippen molar-refractivity contribution in [1.82, 2.24) is 15.0 Å². The van der Waals surface area contributed by atoms with Gasteiger partial charge in [-0.2, -0.15) is 0 Å². The fourth-order valence-electron chi connectivity index (χ4n) is 5.92. The van der Waals surface area contributed by atoms with Crippen LogP contribution in [0, 0.1) is 0 Å². The molecule has 0 radical (unpaired) electrons. The molecule has 6 aromatic carbocycles. The number of benzene rings is 6. The molecule has 0 unspecified atom stereocenters. The van der Waals surface area contributed by atoms with Gasteiger partial charge in [0.1, 0.15) is 0 Å². The smallest absolute Gasteiger partial charge is 0.160 e. The first-order chi connectivity index (χ1) is 22.8. The van der Waals surface area contributed by atoms with Crippen LogP contribution in [0.15, 0.2) is 176 Å². The number of pyridine rings is 1. The largest absolute Gasteiger partial charge is 0.248 e. The van der Waals surface area contributed by atoms with Gasteiger partial charge in [-0.1, -0.05) is 152 Å². The van der Waals surface area contributed by atoms with Gasteiger partial charge in [-0.3, -0.25) is 0 Å². The Morgan fingerprint density at radius 3 is 1.28 bits per heavy atom. The summed E-state index contributed by atoms with van der Waals surface area (Å²) in [6, 6.07) is 60.9. The zero-order valence-corrected chi connectivity index (χ0v) is 25.1. The summed E-state index contributed by atoms with van der Waals surface area (Å²) in [4.78, 5) is 15.1. The van der Waals surface area contributed by atoms with Gasteiger partial charge >= 0.3 is 0 Å². The Balaban J connectivity index is 1.26. The van der Waals surface area contributed by atoms with Crippen molar-refractivity contribution in [3.63, 3.8) is 0 Å². The van der Waals surface area contributed by atoms with Gasteiger partial charge in [0.25, 0.3) is 0 Å². The second-order valence-corrected chi connectivity index (χ2v) is 11.3. The zero-order valence-electron chi connectivity index (χ0n) is 25.1. The lowest BCUT2D eigenvalue weighted by molar-refractivity contribution is 1.18. The van der Waals surface area contributed by atoms with Crippen molar-refractivity contribution in [3.05, 3.63) is 176 Å². The highest BCUT2D eigenvalue weighted by molar-refractivity contribution is 5.99. The normalized spacial score (nSPS) is 11.0. The molecule has 8 rings (SSSR count). The standard InChI is InChI=1S/C43H29N3/c1-5-13-30(14-6-1)36-25-26-39-38(27-36)37(28-40(44-39)32-15-7-2-8-16-32)31-21-23-34(24-22-31)42-29-41(33-17-9-3-10-18-33)45-43(46-42)35-19-11-4-12-20-35/h1-29H. The van der Waals surface area contributed by atoms with E-state index in [9.17, 15) is 0 Å². The van der Waals surface area contributed by atoms with E-state index >= 15 is 0 Å². The summed E-state index contributed by atoms with van der Waals surface area (Å²) in [5, 5.41) is 1.12. The minimum absolute atomic E-state index is 0.710. The monoisotopic (exact) mass is 587 g/mol. The van der Waals surface area contributed by atoms with E-state index in [1.165, 1.54) is 11.1 Å². The molecule has 0 atom stereocenters. The molecular formula is C43H29N3. The average Bonchev–Trinajstić information content (AvgIpc) is 3.15. The van der Waals surface area contributed by atoms with E-state index in [4.69, 9.17) is 15.0 Å². The SMILES string of the molecule is c1ccc(-c2ccc3nc(-c4ccccc4)cc(-c4ccc(-c5cc(-c6ccccc6)nc(-c6ccccc6)n5)cc4)c3c2)cc1. The van der Waals surface area contributed by atoms with E-state index in [1.807, 2.05) is 42.5 Å². The van der Waals surface area contributed by atoms with Gasteiger partial charge in [0.05, 0.1) is 22.6 Å². The fourth-order valence-corrected chi connectivity index (χ4v) is 5.92. The van der Waals surface area contributed by atoms with Crippen molar-refractivity contribution in [2.45, 2.75) is 0 Å². The van der Waals surface area contributed by atoms with Crippen molar-refractivity contribution in [3.8, 4) is 67.4 Å². The van der Waals surface area contributed by atoms with Crippen LogP contribution < -0.4 is 0 Å². The number of nitrogens with zero attached hydrogens (tertiary/aromatic N) is 3. The predicted octanol–water partition coefficient (Wildman–Crippen LogP) is 11.0. The van der Waals surface area contributed by atoms with Gasteiger partial charge in [0.15, 0.2) is 5.82 Å². The summed E-state index contributed by atoms with van der Waals surface area (Å²) < 4.78 is 0. The van der Waals surface area contributed by atoms with E-state index in [2.05, 4.69) is 133 Å². The van der Waals surface area contributed by atoms with Crippen molar-refractivity contribution in [2.24, 2.45) is 0 Å². The van der Waals surface area contributed by atoms with E-state index < -0.39 is 0 Å². The van der Waals surface area contributed by atoms with Crippen molar-refractivity contribution >= 4 is 10.9 Å². The topological polar surface area (TPSA) is 38.7 Å². The Labute approximate surface area is 268 Å². The Morgan fingerprint density at radius 1 is 0.283 bits per heavy atom. The summed E-state index contributed by atoms with van der Waals surface area (Å²) in [5.41, 5.74) is 12.5. The Kier molecular flexibility index (Phi) is 7.18. The van der Waals surface area contributed by atoms with Crippen LogP contribution in [0.2, 0.25) is 0 Å². The Hall–Kier alpha value is -6.19. The van der Waals surface area contributed by atoms with Gasteiger partial charge in [0, 0.05) is 27.6 Å². The molecule has 3 nitrogen and oxygen atoms in total. The lowest BCUT2D eigenvalue weighted by Gasteiger charge is -2.13. The van der Waals surface area contributed by atoms with Crippen molar-refractivity contribution in [1.29, 1.82) is 0 Å². The van der Waals surface area contributed by atoms with Crippen molar-refractivity contribution < 1.29 is 0 Å². The van der Waals surface area contributed by atoms with Gasteiger partial charge in [-0.25, -0.2) is 15.0 Å². The quantitative estimate of drug-likeness (QED) is 0.194. The van der Waals surface area contributed by atoms with E-state index in [1.54, 1.807) is 0 Å². The molecule has 0 bridgehead atoms. The molecule has 46 heavy (non-hydrogen) atoms. The number of hydrogen-bond donors (Lipinski definition) is 0. The van der Waals surface area contributed by atoms with Gasteiger partial charge in [-0.15, -0.1) is 0 Å². The summed E-state index contributed by atoms with van der Waals surface area (Å²) in [6.45, 7) is 0. The molecule has 0 aliphatic heterocycles. The summed E-state index contributed by atoms with van der Waals surface area (Å²) in [6.07, 6.45) is 0. The third-order valence-electron chi connectivity index (χ3n) is 8.30. The molecule has 0 N–H and O–H groups in total. The highest BCUT2D eigenvalue weighted by Gasteiger charge is 2.14. The first-order valence-corrected chi connectivity index (χ1v) is 15.4. The minimum atomic E-state index is 0.710. The number of aromatic nitrogens is 3. The summed E-state index contributed by atoms with van der Waals surface area (Å²) >= 11 is 0. The highest BCUT2D eigenvalue weighted by atomic mass is 14.9. The molecular weight excluding hydrogens is 558 g/mol. The molecule has 0 aliphatic carbocycles. The third kappa shape index (κ3) is 5.47. The van der Waals surface area contributed by atoms with Crippen LogP contribution in [-0.2, 0) is 0 Å². The molecule has 2 heterocycles. The molecule has 0 aliphatic rings. The zero-order chi connectivity index (χ0) is 30.7. The predicted molar refractivity (Wildman–Crippen MR) is 190 cm³/mol. The summed E-state index contributed by atoms with van der Waals surface area (Å²) in [7, 11) is 0. The molecule has 0 fully saturated rings. The average molecular weight is 588 g/mol. The van der Waals surface area contributed by atoms with E-state index in [-0.39, 0.29) is 0 Å². The van der Waals surface area contributed by atoms with Crippen LogP contribution >= 0.6 is 0 Å². The van der Waals surface area contributed by atoms with E-state index in [0.717, 1.165) is 61.4 Å². The molecule has 0 spiro atoms. The number of hydrogen-bond acceptors (Lipinski definition) is 3. The van der Waals surface area contributed by atoms with Gasteiger partial charge in [-0.05, 0) is 46.5 Å². The van der Waals surface area contributed by atoms with Crippen LogP contribution in [0.1, 0.15) is 0 Å².